The second-order valence-corrected chi connectivity index (χ2v) is 8.36. The number of hydrogen-bond acceptors (Lipinski definition) is 6. The summed E-state index contributed by atoms with van der Waals surface area (Å²) in [5.74, 6) is -0.323. The van der Waals surface area contributed by atoms with E-state index >= 15 is 0 Å². The van der Waals surface area contributed by atoms with Crippen molar-refractivity contribution in [1.82, 2.24) is 4.90 Å². The smallest absolute Gasteiger partial charge is 0.310 e. The van der Waals surface area contributed by atoms with Gasteiger partial charge < -0.3 is 9.64 Å². The summed E-state index contributed by atoms with van der Waals surface area (Å²) in [5.41, 5.74) is -0.214. The maximum absolute atomic E-state index is 12.6. The van der Waals surface area contributed by atoms with Crippen LogP contribution in [0.2, 0.25) is 0 Å². The summed E-state index contributed by atoms with van der Waals surface area (Å²) < 4.78 is 28.8. The molecule has 1 aromatic carbocycles. The van der Waals surface area contributed by atoms with Gasteiger partial charge in [-0.2, -0.15) is 0 Å². The van der Waals surface area contributed by atoms with Crippen LogP contribution in [-0.4, -0.2) is 54.3 Å². The average Bonchev–Trinajstić information content (AvgIpc) is 2.92. The monoisotopic (exact) mass is 370 g/mol. The zero-order chi connectivity index (χ0) is 18.6. The lowest BCUT2D eigenvalue weighted by molar-refractivity contribution is -0.385. The highest BCUT2D eigenvalue weighted by molar-refractivity contribution is 7.91. The van der Waals surface area contributed by atoms with Gasteiger partial charge in [0.1, 0.15) is 0 Å². The van der Waals surface area contributed by atoms with Crippen LogP contribution in [0.25, 0.3) is 0 Å². The summed E-state index contributed by atoms with van der Waals surface area (Å²) >= 11 is 0. The van der Waals surface area contributed by atoms with Crippen molar-refractivity contribution in [3.8, 4) is 5.75 Å². The number of carbonyl (C=O) groups is 1. The van der Waals surface area contributed by atoms with E-state index in [0.29, 0.717) is 12.8 Å². The second kappa shape index (κ2) is 7.81. The van der Waals surface area contributed by atoms with Gasteiger partial charge >= 0.3 is 5.69 Å². The Bertz CT molecular complexity index is 749. The molecular formula is C16H22N2O6S. The molecule has 0 radical (unpaired) electrons. The van der Waals surface area contributed by atoms with Crippen molar-refractivity contribution in [3.05, 3.63) is 34.4 Å². The Kier molecular flexibility index (Phi) is 5.99. The number of nitro groups is 1. The number of amides is 1. The molecular weight excluding hydrogens is 348 g/mol. The summed E-state index contributed by atoms with van der Waals surface area (Å²) in [6.45, 7) is 3.40. The van der Waals surface area contributed by atoms with E-state index in [1.54, 1.807) is 11.0 Å². The molecule has 2 rings (SSSR count). The molecule has 9 heteroatoms. The van der Waals surface area contributed by atoms with Crippen LogP contribution >= 0.6 is 0 Å². The molecule has 0 aliphatic carbocycles. The summed E-state index contributed by atoms with van der Waals surface area (Å²) in [5, 5.41) is 11.0. The lowest BCUT2D eigenvalue weighted by Gasteiger charge is -2.33. The zero-order valence-corrected chi connectivity index (χ0v) is 15.1. The minimum atomic E-state index is -3.12. The van der Waals surface area contributed by atoms with Crippen molar-refractivity contribution in [2.24, 2.45) is 0 Å². The Hall–Kier alpha value is -2.16. The molecule has 8 nitrogen and oxygen atoms in total. The molecule has 1 saturated heterocycles. The molecule has 0 bridgehead atoms. The Morgan fingerprint density at radius 2 is 2.12 bits per heavy atom. The first kappa shape index (κ1) is 19.2. The van der Waals surface area contributed by atoms with Crippen molar-refractivity contribution in [3.63, 3.8) is 0 Å². The number of nitrogens with zero attached hydrogens (tertiary/aromatic N) is 2. The molecule has 2 atom stereocenters. The van der Waals surface area contributed by atoms with Gasteiger partial charge in [0.05, 0.1) is 16.4 Å². The number of benzene rings is 1. The lowest BCUT2D eigenvalue weighted by Crippen LogP contribution is -2.48. The van der Waals surface area contributed by atoms with Crippen LogP contribution in [0, 0.1) is 10.1 Å². The third-order valence-corrected chi connectivity index (χ3v) is 6.12. The molecule has 1 fully saturated rings. The number of carbonyl (C=O) groups excluding carboxylic acids is 1. The highest BCUT2D eigenvalue weighted by atomic mass is 32.2. The average molecular weight is 370 g/mol. The van der Waals surface area contributed by atoms with Crippen LogP contribution in [0.3, 0.4) is 0 Å². The minimum absolute atomic E-state index is 0.0176. The van der Waals surface area contributed by atoms with Crippen LogP contribution in [-0.2, 0) is 14.6 Å². The van der Waals surface area contributed by atoms with Crippen LogP contribution in [0.4, 0.5) is 5.69 Å². The fourth-order valence-electron chi connectivity index (χ4n) is 2.94. The first-order chi connectivity index (χ1) is 11.7. The van der Waals surface area contributed by atoms with Crippen molar-refractivity contribution in [2.45, 2.75) is 38.8 Å². The maximum Gasteiger partial charge on any atom is 0.310 e. The number of hydrogen-bond donors (Lipinski definition) is 0. The number of sulfone groups is 1. The summed E-state index contributed by atoms with van der Waals surface area (Å²) in [6.07, 6.45) is 1.08. The highest BCUT2D eigenvalue weighted by Gasteiger charge is 2.36. The van der Waals surface area contributed by atoms with Gasteiger partial charge in [0.15, 0.2) is 22.2 Å². The number of nitro benzene ring substituents is 1. The van der Waals surface area contributed by atoms with E-state index in [1.807, 2.05) is 13.8 Å². The van der Waals surface area contributed by atoms with E-state index in [2.05, 4.69) is 0 Å². The fourth-order valence-corrected chi connectivity index (χ4v) is 4.66. The Balaban J connectivity index is 2.12. The highest BCUT2D eigenvalue weighted by Crippen LogP contribution is 2.26. The molecule has 0 N–H and O–H groups in total. The first-order valence-corrected chi connectivity index (χ1v) is 9.95. The van der Waals surface area contributed by atoms with E-state index in [9.17, 15) is 23.3 Å². The van der Waals surface area contributed by atoms with Crippen LogP contribution in [0.1, 0.15) is 26.7 Å². The van der Waals surface area contributed by atoms with Gasteiger partial charge in [0.25, 0.3) is 5.91 Å². The topological polar surface area (TPSA) is 107 Å². The molecule has 138 valence electrons. The SMILES string of the molecule is CC[C@H](C)N(C(=O)COc1ccccc1[N+](=O)[O-])[C@@H]1CCS(=O)(=O)C1. The first-order valence-electron chi connectivity index (χ1n) is 8.13. The fraction of sp³-hybridized carbons (Fsp3) is 0.562. The summed E-state index contributed by atoms with van der Waals surface area (Å²) in [6, 6.07) is 5.32. The molecule has 0 aromatic heterocycles. The van der Waals surface area contributed by atoms with Crippen LogP contribution < -0.4 is 4.74 Å². The number of ether oxygens (including phenoxy) is 1. The van der Waals surface area contributed by atoms with Gasteiger partial charge in [0.2, 0.25) is 0 Å². The van der Waals surface area contributed by atoms with Gasteiger partial charge in [-0.1, -0.05) is 19.1 Å². The van der Waals surface area contributed by atoms with Crippen molar-refractivity contribution < 1.29 is 22.9 Å². The molecule has 1 aliphatic heterocycles. The molecule has 0 unspecified atom stereocenters. The van der Waals surface area contributed by atoms with Crippen molar-refractivity contribution >= 4 is 21.4 Å². The Labute approximate surface area is 146 Å². The Morgan fingerprint density at radius 3 is 2.68 bits per heavy atom. The predicted octanol–water partition coefficient (Wildman–Crippen LogP) is 1.79. The molecule has 0 saturated carbocycles. The van der Waals surface area contributed by atoms with Crippen LogP contribution in [0.15, 0.2) is 24.3 Å². The molecule has 1 amide bonds. The van der Waals surface area contributed by atoms with E-state index in [0.717, 1.165) is 0 Å². The van der Waals surface area contributed by atoms with Crippen molar-refractivity contribution in [1.29, 1.82) is 0 Å². The van der Waals surface area contributed by atoms with E-state index in [-0.39, 0.29) is 47.5 Å². The molecule has 1 aliphatic rings. The van der Waals surface area contributed by atoms with Crippen molar-refractivity contribution in [2.75, 3.05) is 18.1 Å². The van der Waals surface area contributed by atoms with Gasteiger partial charge in [-0.05, 0) is 25.8 Å². The maximum atomic E-state index is 12.6. The summed E-state index contributed by atoms with van der Waals surface area (Å²) in [4.78, 5) is 24.6. The predicted molar refractivity (Wildman–Crippen MR) is 92.2 cm³/mol. The van der Waals surface area contributed by atoms with Gasteiger partial charge in [-0.15, -0.1) is 0 Å². The standard InChI is InChI=1S/C16H22N2O6S/c1-3-12(2)17(13-8-9-25(22,23)11-13)16(19)10-24-15-7-5-4-6-14(15)18(20)21/h4-7,12-13H,3,8-11H2,1-2H3/t12-,13+/m0/s1. The van der Waals surface area contributed by atoms with E-state index in [4.69, 9.17) is 4.74 Å². The molecule has 1 aromatic rings. The molecule has 0 spiro atoms. The zero-order valence-electron chi connectivity index (χ0n) is 14.3. The van der Waals surface area contributed by atoms with E-state index < -0.39 is 14.8 Å². The number of rotatable bonds is 7. The largest absolute Gasteiger partial charge is 0.477 e. The minimum Gasteiger partial charge on any atom is -0.477 e. The Morgan fingerprint density at radius 1 is 1.44 bits per heavy atom. The van der Waals surface area contributed by atoms with Gasteiger partial charge in [0, 0.05) is 18.2 Å². The van der Waals surface area contributed by atoms with Gasteiger partial charge in [-0.25, -0.2) is 8.42 Å². The van der Waals surface area contributed by atoms with Crippen LogP contribution in [0.5, 0.6) is 5.75 Å². The second-order valence-electron chi connectivity index (χ2n) is 6.13. The number of para-hydroxylation sites is 2. The normalized spacial score (nSPS) is 20.0. The third kappa shape index (κ3) is 4.68. The third-order valence-electron chi connectivity index (χ3n) is 4.37. The molecule has 25 heavy (non-hydrogen) atoms. The molecule has 1 heterocycles. The summed E-state index contributed by atoms with van der Waals surface area (Å²) in [7, 11) is -3.12. The lowest BCUT2D eigenvalue weighted by atomic mass is 10.1. The quantitative estimate of drug-likeness (QED) is 0.535. The van der Waals surface area contributed by atoms with E-state index in [1.165, 1.54) is 18.2 Å². The van der Waals surface area contributed by atoms with Gasteiger partial charge in [-0.3, -0.25) is 14.9 Å².